The molecular formula is C14H20N2O2. The Kier molecular flexibility index (Phi) is 4.20. The number of methoxy groups -OCH3 is 1. The molecule has 1 aromatic carbocycles. The Balaban J connectivity index is 1.95. The number of anilines is 1. The summed E-state index contributed by atoms with van der Waals surface area (Å²) in [6, 6.07) is 5.93. The molecule has 1 heterocycles. The standard InChI is InChI=1S/C14H20N2O2/c1-16-8-6-11-10-12(4-5-13(11)16)14(17)15-7-3-9-18-2/h4-5,10H,3,6-9H2,1-2H3,(H,15,17). The maximum Gasteiger partial charge on any atom is 0.251 e. The number of amides is 1. The maximum atomic E-state index is 11.9. The summed E-state index contributed by atoms with van der Waals surface area (Å²) in [6.45, 7) is 2.37. The SMILES string of the molecule is COCCCNC(=O)c1ccc2c(c1)CCN2C. The molecule has 1 amide bonds. The Labute approximate surface area is 108 Å². The van der Waals surface area contributed by atoms with Crippen molar-refractivity contribution in [1.82, 2.24) is 5.32 Å². The average molecular weight is 248 g/mol. The van der Waals surface area contributed by atoms with Crippen LogP contribution in [0.4, 0.5) is 5.69 Å². The molecule has 0 unspecified atom stereocenters. The number of nitrogens with zero attached hydrogens (tertiary/aromatic N) is 1. The van der Waals surface area contributed by atoms with E-state index < -0.39 is 0 Å². The second-order valence-electron chi connectivity index (χ2n) is 4.62. The molecule has 0 spiro atoms. The van der Waals surface area contributed by atoms with Gasteiger partial charge in [-0.2, -0.15) is 0 Å². The summed E-state index contributed by atoms with van der Waals surface area (Å²) >= 11 is 0. The van der Waals surface area contributed by atoms with Crippen molar-refractivity contribution >= 4 is 11.6 Å². The van der Waals surface area contributed by atoms with Gasteiger partial charge >= 0.3 is 0 Å². The van der Waals surface area contributed by atoms with E-state index in [0.29, 0.717) is 13.2 Å². The molecule has 0 fully saturated rings. The Morgan fingerprint density at radius 2 is 2.33 bits per heavy atom. The van der Waals surface area contributed by atoms with Crippen LogP contribution in [0.2, 0.25) is 0 Å². The fourth-order valence-electron chi connectivity index (χ4n) is 2.23. The molecule has 0 radical (unpaired) electrons. The van der Waals surface area contributed by atoms with Gasteiger partial charge in [0.15, 0.2) is 0 Å². The normalized spacial score (nSPS) is 13.6. The van der Waals surface area contributed by atoms with Crippen LogP contribution in [-0.2, 0) is 11.2 Å². The van der Waals surface area contributed by atoms with Crippen molar-refractivity contribution in [2.75, 3.05) is 38.8 Å². The first-order valence-electron chi connectivity index (χ1n) is 6.33. The molecule has 0 atom stereocenters. The maximum absolute atomic E-state index is 11.9. The van der Waals surface area contributed by atoms with Crippen molar-refractivity contribution in [3.05, 3.63) is 29.3 Å². The minimum Gasteiger partial charge on any atom is -0.385 e. The first kappa shape index (κ1) is 12.9. The second-order valence-corrected chi connectivity index (χ2v) is 4.62. The van der Waals surface area contributed by atoms with Gasteiger partial charge in [0, 0.05) is 45.1 Å². The summed E-state index contributed by atoms with van der Waals surface area (Å²) in [6.07, 6.45) is 1.87. The fourth-order valence-corrected chi connectivity index (χ4v) is 2.23. The first-order valence-corrected chi connectivity index (χ1v) is 6.33. The monoisotopic (exact) mass is 248 g/mol. The summed E-state index contributed by atoms with van der Waals surface area (Å²) in [5.41, 5.74) is 3.26. The van der Waals surface area contributed by atoms with Crippen LogP contribution in [0.1, 0.15) is 22.3 Å². The lowest BCUT2D eigenvalue weighted by atomic mass is 10.1. The van der Waals surface area contributed by atoms with E-state index >= 15 is 0 Å². The molecule has 1 aliphatic heterocycles. The molecule has 4 heteroatoms. The predicted molar refractivity (Wildman–Crippen MR) is 72.2 cm³/mol. The number of carbonyl (C=O) groups excluding carboxylic acids is 1. The topological polar surface area (TPSA) is 41.6 Å². The van der Waals surface area contributed by atoms with Gasteiger partial charge in [-0.25, -0.2) is 0 Å². The first-order chi connectivity index (χ1) is 8.72. The molecule has 2 rings (SSSR count). The van der Waals surface area contributed by atoms with Crippen LogP contribution in [0.5, 0.6) is 0 Å². The predicted octanol–water partition coefficient (Wildman–Crippen LogP) is 1.45. The van der Waals surface area contributed by atoms with Crippen LogP contribution in [0, 0.1) is 0 Å². The Hall–Kier alpha value is -1.55. The van der Waals surface area contributed by atoms with Crippen LogP contribution in [-0.4, -0.2) is 39.8 Å². The molecule has 0 aliphatic carbocycles. The quantitative estimate of drug-likeness (QED) is 0.802. The number of ether oxygens (including phenoxy) is 1. The molecule has 98 valence electrons. The van der Waals surface area contributed by atoms with Gasteiger partial charge in [0.2, 0.25) is 0 Å². The third-order valence-electron chi connectivity index (χ3n) is 3.28. The number of hydrogen-bond donors (Lipinski definition) is 1. The molecule has 0 aromatic heterocycles. The minimum atomic E-state index is 0.00320. The highest BCUT2D eigenvalue weighted by Crippen LogP contribution is 2.27. The molecule has 18 heavy (non-hydrogen) atoms. The van der Waals surface area contributed by atoms with E-state index in [4.69, 9.17) is 4.74 Å². The zero-order valence-corrected chi connectivity index (χ0v) is 11.0. The summed E-state index contributed by atoms with van der Waals surface area (Å²) in [5, 5.41) is 2.90. The molecule has 0 bridgehead atoms. The third-order valence-corrected chi connectivity index (χ3v) is 3.28. The van der Waals surface area contributed by atoms with Gasteiger partial charge in [0.05, 0.1) is 0 Å². The van der Waals surface area contributed by atoms with E-state index in [1.807, 2.05) is 18.2 Å². The van der Waals surface area contributed by atoms with E-state index in [1.165, 1.54) is 11.3 Å². The van der Waals surface area contributed by atoms with E-state index in [-0.39, 0.29) is 5.91 Å². The van der Waals surface area contributed by atoms with Crippen LogP contribution in [0.25, 0.3) is 0 Å². The van der Waals surface area contributed by atoms with Gasteiger partial charge in [-0.3, -0.25) is 4.79 Å². The van der Waals surface area contributed by atoms with E-state index in [1.54, 1.807) is 7.11 Å². The van der Waals surface area contributed by atoms with E-state index in [0.717, 1.165) is 24.9 Å². The minimum absolute atomic E-state index is 0.00320. The number of benzene rings is 1. The molecule has 1 aliphatic rings. The molecular weight excluding hydrogens is 228 g/mol. The van der Waals surface area contributed by atoms with Crippen LogP contribution < -0.4 is 10.2 Å². The van der Waals surface area contributed by atoms with Crippen molar-refractivity contribution in [1.29, 1.82) is 0 Å². The molecule has 4 nitrogen and oxygen atoms in total. The number of likely N-dealkylation sites (N-methyl/N-ethyl adjacent to an activating group) is 1. The van der Waals surface area contributed by atoms with Gasteiger partial charge in [-0.1, -0.05) is 0 Å². The fraction of sp³-hybridized carbons (Fsp3) is 0.500. The lowest BCUT2D eigenvalue weighted by molar-refractivity contribution is 0.0948. The van der Waals surface area contributed by atoms with E-state index in [9.17, 15) is 4.79 Å². The van der Waals surface area contributed by atoms with Crippen molar-refractivity contribution in [3.8, 4) is 0 Å². The van der Waals surface area contributed by atoms with Crippen LogP contribution in [0.3, 0.4) is 0 Å². The third kappa shape index (κ3) is 2.82. The number of fused-ring (bicyclic) bond motifs is 1. The van der Waals surface area contributed by atoms with Crippen LogP contribution in [0.15, 0.2) is 18.2 Å². The largest absolute Gasteiger partial charge is 0.385 e. The lowest BCUT2D eigenvalue weighted by Gasteiger charge is -2.12. The van der Waals surface area contributed by atoms with Gasteiger partial charge in [0.1, 0.15) is 0 Å². The highest BCUT2D eigenvalue weighted by atomic mass is 16.5. The summed E-state index contributed by atoms with van der Waals surface area (Å²) in [7, 11) is 3.75. The van der Waals surface area contributed by atoms with Gasteiger partial charge in [-0.15, -0.1) is 0 Å². The summed E-state index contributed by atoms with van der Waals surface area (Å²) in [4.78, 5) is 14.1. The Morgan fingerprint density at radius 1 is 1.50 bits per heavy atom. The molecule has 0 saturated heterocycles. The highest BCUT2D eigenvalue weighted by Gasteiger charge is 2.17. The summed E-state index contributed by atoms with van der Waals surface area (Å²) < 4.78 is 4.94. The van der Waals surface area contributed by atoms with Gasteiger partial charge in [-0.05, 0) is 36.6 Å². The van der Waals surface area contributed by atoms with E-state index in [2.05, 4.69) is 17.3 Å². The molecule has 0 saturated carbocycles. The number of carbonyl (C=O) groups is 1. The van der Waals surface area contributed by atoms with Crippen molar-refractivity contribution in [2.24, 2.45) is 0 Å². The zero-order chi connectivity index (χ0) is 13.0. The van der Waals surface area contributed by atoms with Crippen molar-refractivity contribution in [2.45, 2.75) is 12.8 Å². The Morgan fingerprint density at radius 3 is 3.11 bits per heavy atom. The smallest absolute Gasteiger partial charge is 0.251 e. The number of hydrogen-bond acceptors (Lipinski definition) is 3. The Bertz CT molecular complexity index is 432. The highest BCUT2D eigenvalue weighted by molar-refractivity contribution is 5.95. The van der Waals surface area contributed by atoms with Crippen LogP contribution >= 0.6 is 0 Å². The molecule has 1 N–H and O–H groups in total. The van der Waals surface area contributed by atoms with Crippen molar-refractivity contribution in [3.63, 3.8) is 0 Å². The van der Waals surface area contributed by atoms with Gasteiger partial charge < -0.3 is 15.0 Å². The van der Waals surface area contributed by atoms with Gasteiger partial charge in [0.25, 0.3) is 5.91 Å². The summed E-state index contributed by atoms with van der Waals surface area (Å²) in [5.74, 6) is 0.00320. The molecule has 1 aromatic rings. The number of nitrogens with one attached hydrogen (secondary N) is 1. The van der Waals surface area contributed by atoms with Crippen molar-refractivity contribution < 1.29 is 9.53 Å². The average Bonchev–Trinajstić information content (AvgIpc) is 2.76. The lowest BCUT2D eigenvalue weighted by Crippen LogP contribution is -2.25. The zero-order valence-electron chi connectivity index (χ0n) is 11.0. The second kappa shape index (κ2) is 5.87. The number of rotatable bonds is 5.